The Bertz CT molecular complexity index is 363. The largest absolute Gasteiger partial charge is 0.444 e. The SMILES string of the molecule is CC(N)C(=O)N(C)CC1CCN(C(=O)OC(C)(C)C)C1. The molecule has 2 N–H and O–H groups in total. The Morgan fingerprint density at radius 1 is 1.45 bits per heavy atom. The summed E-state index contributed by atoms with van der Waals surface area (Å²) in [5.41, 5.74) is 5.10. The van der Waals surface area contributed by atoms with Crippen molar-refractivity contribution in [1.82, 2.24) is 9.80 Å². The third kappa shape index (κ3) is 5.00. The van der Waals surface area contributed by atoms with E-state index in [9.17, 15) is 9.59 Å². The van der Waals surface area contributed by atoms with Crippen molar-refractivity contribution in [3.05, 3.63) is 0 Å². The van der Waals surface area contributed by atoms with E-state index in [1.807, 2.05) is 20.8 Å². The summed E-state index contributed by atoms with van der Waals surface area (Å²) in [7, 11) is 1.75. The molecule has 20 heavy (non-hydrogen) atoms. The van der Waals surface area contributed by atoms with E-state index >= 15 is 0 Å². The van der Waals surface area contributed by atoms with Crippen LogP contribution >= 0.6 is 0 Å². The fourth-order valence-electron chi connectivity index (χ4n) is 2.30. The zero-order valence-corrected chi connectivity index (χ0v) is 13.2. The second-order valence-corrected chi connectivity index (χ2v) is 6.59. The standard InChI is InChI=1S/C14H27N3O3/c1-10(15)12(18)16(5)8-11-6-7-17(9-11)13(19)20-14(2,3)4/h10-11H,6-9,15H2,1-5H3. The van der Waals surface area contributed by atoms with Gasteiger partial charge in [0.25, 0.3) is 0 Å². The molecule has 0 aliphatic carbocycles. The van der Waals surface area contributed by atoms with Gasteiger partial charge in [-0.25, -0.2) is 4.79 Å². The van der Waals surface area contributed by atoms with Crippen molar-refractivity contribution in [3.8, 4) is 0 Å². The highest BCUT2D eigenvalue weighted by atomic mass is 16.6. The van der Waals surface area contributed by atoms with Gasteiger partial charge >= 0.3 is 6.09 Å². The smallest absolute Gasteiger partial charge is 0.410 e. The summed E-state index contributed by atoms with van der Waals surface area (Å²) in [5.74, 6) is 0.218. The lowest BCUT2D eigenvalue weighted by atomic mass is 10.1. The van der Waals surface area contributed by atoms with E-state index in [1.165, 1.54) is 0 Å². The molecule has 0 aromatic rings. The van der Waals surface area contributed by atoms with Crippen LogP contribution in [0.3, 0.4) is 0 Å². The third-order valence-corrected chi connectivity index (χ3v) is 3.24. The van der Waals surface area contributed by atoms with Crippen molar-refractivity contribution in [2.24, 2.45) is 11.7 Å². The molecule has 1 rings (SSSR count). The third-order valence-electron chi connectivity index (χ3n) is 3.24. The average Bonchev–Trinajstić information content (AvgIpc) is 2.74. The van der Waals surface area contributed by atoms with Crippen molar-refractivity contribution >= 4 is 12.0 Å². The van der Waals surface area contributed by atoms with E-state index in [1.54, 1.807) is 23.8 Å². The van der Waals surface area contributed by atoms with Gasteiger partial charge in [-0.2, -0.15) is 0 Å². The number of rotatable bonds is 3. The number of nitrogens with zero attached hydrogens (tertiary/aromatic N) is 2. The molecule has 1 saturated heterocycles. The molecule has 6 heteroatoms. The van der Waals surface area contributed by atoms with Gasteiger partial charge in [-0.15, -0.1) is 0 Å². The summed E-state index contributed by atoms with van der Waals surface area (Å²) >= 11 is 0. The minimum atomic E-state index is -0.483. The number of carbonyl (C=O) groups excluding carboxylic acids is 2. The molecule has 0 spiro atoms. The zero-order valence-electron chi connectivity index (χ0n) is 13.2. The van der Waals surface area contributed by atoms with Crippen LogP contribution in [-0.2, 0) is 9.53 Å². The quantitative estimate of drug-likeness (QED) is 0.841. The van der Waals surface area contributed by atoms with Gasteiger partial charge in [0.05, 0.1) is 6.04 Å². The highest BCUT2D eigenvalue weighted by Gasteiger charge is 2.31. The number of hydrogen-bond acceptors (Lipinski definition) is 4. The fraction of sp³-hybridized carbons (Fsp3) is 0.857. The van der Waals surface area contributed by atoms with E-state index in [0.29, 0.717) is 19.6 Å². The highest BCUT2D eigenvalue weighted by molar-refractivity contribution is 5.80. The Hall–Kier alpha value is -1.30. The van der Waals surface area contributed by atoms with E-state index < -0.39 is 11.6 Å². The Morgan fingerprint density at radius 3 is 2.55 bits per heavy atom. The summed E-state index contributed by atoms with van der Waals surface area (Å²) in [6.07, 6.45) is 0.608. The van der Waals surface area contributed by atoms with Crippen LogP contribution in [0.5, 0.6) is 0 Å². The Morgan fingerprint density at radius 2 is 2.05 bits per heavy atom. The average molecular weight is 285 g/mol. The molecule has 1 aliphatic heterocycles. The van der Waals surface area contributed by atoms with Gasteiger partial charge in [0, 0.05) is 26.7 Å². The molecule has 116 valence electrons. The number of amides is 2. The van der Waals surface area contributed by atoms with Crippen LogP contribution < -0.4 is 5.73 Å². The van der Waals surface area contributed by atoms with Crippen LogP contribution in [0.4, 0.5) is 4.79 Å². The molecule has 0 saturated carbocycles. The first-order chi connectivity index (χ1) is 9.10. The van der Waals surface area contributed by atoms with Crippen LogP contribution in [0.25, 0.3) is 0 Å². The van der Waals surface area contributed by atoms with Crippen LogP contribution in [0.2, 0.25) is 0 Å². The van der Waals surface area contributed by atoms with Crippen LogP contribution in [0.1, 0.15) is 34.1 Å². The zero-order chi connectivity index (χ0) is 15.5. The fourth-order valence-corrected chi connectivity index (χ4v) is 2.30. The molecule has 6 nitrogen and oxygen atoms in total. The van der Waals surface area contributed by atoms with Crippen molar-refractivity contribution in [2.45, 2.75) is 45.8 Å². The highest BCUT2D eigenvalue weighted by Crippen LogP contribution is 2.20. The Kier molecular flexibility index (Phi) is 5.39. The van der Waals surface area contributed by atoms with E-state index in [4.69, 9.17) is 10.5 Å². The lowest BCUT2D eigenvalue weighted by molar-refractivity contribution is -0.131. The normalized spacial score (nSPS) is 20.7. The summed E-state index contributed by atoms with van der Waals surface area (Å²) < 4.78 is 5.35. The van der Waals surface area contributed by atoms with E-state index in [0.717, 1.165) is 6.42 Å². The first-order valence-electron chi connectivity index (χ1n) is 7.08. The second-order valence-electron chi connectivity index (χ2n) is 6.59. The van der Waals surface area contributed by atoms with Crippen molar-refractivity contribution in [2.75, 3.05) is 26.7 Å². The Labute approximate surface area is 121 Å². The number of likely N-dealkylation sites (tertiary alicyclic amines) is 1. The maximum absolute atomic E-state index is 11.9. The molecule has 2 atom stereocenters. The van der Waals surface area contributed by atoms with E-state index in [2.05, 4.69) is 0 Å². The molecule has 2 unspecified atom stereocenters. The molecule has 0 aromatic heterocycles. The van der Waals surface area contributed by atoms with Gasteiger partial charge in [-0.05, 0) is 40.0 Å². The van der Waals surface area contributed by atoms with Gasteiger partial charge in [-0.1, -0.05) is 0 Å². The van der Waals surface area contributed by atoms with Gasteiger partial charge < -0.3 is 20.3 Å². The molecular formula is C14H27N3O3. The molecular weight excluding hydrogens is 258 g/mol. The van der Waals surface area contributed by atoms with Gasteiger partial charge in [-0.3, -0.25) is 4.79 Å². The number of likely N-dealkylation sites (N-methyl/N-ethyl adjacent to an activating group) is 1. The minimum absolute atomic E-state index is 0.0688. The summed E-state index contributed by atoms with van der Waals surface area (Å²) in [5, 5.41) is 0. The number of carbonyl (C=O) groups is 2. The lowest BCUT2D eigenvalue weighted by Gasteiger charge is -2.25. The maximum atomic E-state index is 11.9. The summed E-state index contributed by atoms with van der Waals surface area (Å²) in [6.45, 7) is 9.18. The minimum Gasteiger partial charge on any atom is -0.444 e. The molecule has 1 fully saturated rings. The predicted octanol–water partition coefficient (Wildman–Crippen LogP) is 1.05. The predicted molar refractivity (Wildman–Crippen MR) is 77.2 cm³/mol. The molecule has 0 radical (unpaired) electrons. The first-order valence-corrected chi connectivity index (χ1v) is 7.08. The van der Waals surface area contributed by atoms with Crippen molar-refractivity contribution in [3.63, 3.8) is 0 Å². The van der Waals surface area contributed by atoms with Crippen LogP contribution in [0.15, 0.2) is 0 Å². The molecule has 1 heterocycles. The summed E-state index contributed by atoms with van der Waals surface area (Å²) in [6, 6.07) is -0.483. The molecule has 0 aromatic carbocycles. The molecule has 0 bridgehead atoms. The van der Waals surface area contributed by atoms with E-state index in [-0.39, 0.29) is 17.9 Å². The number of hydrogen-bond donors (Lipinski definition) is 1. The van der Waals surface area contributed by atoms with Gasteiger partial charge in [0.2, 0.25) is 5.91 Å². The molecule has 2 amide bonds. The van der Waals surface area contributed by atoms with Gasteiger partial charge in [0.15, 0.2) is 0 Å². The first kappa shape index (κ1) is 16.8. The number of nitrogens with two attached hydrogens (primary N) is 1. The van der Waals surface area contributed by atoms with Crippen molar-refractivity contribution in [1.29, 1.82) is 0 Å². The maximum Gasteiger partial charge on any atom is 0.410 e. The topological polar surface area (TPSA) is 75.9 Å². The van der Waals surface area contributed by atoms with Crippen molar-refractivity contribution < 1.29 is 14.3 Å². The molecule has 1 aliphatic rings. The monoisotopic (exact) mass is 285 g/mol. The van der Waals surface area contributed by atoms with Crippen LogP contribution in [-0.4, -0.2) is 60.1 Å². The summed E-state index contributed by atoms with van der Waals surface area (Å²) in [4.78, 5) is 27.0. The van der Waals surface area contributed by atoms with Gasteiger partial charge in [0.1, 0.15) is 5.60 Å². The second kappa shape index (κ2) is 6.43. The van der Waals surface area contributed by atoms with Crippen LogP contribution in [0, 0.1) is 5.92 Å². The lowest BCUT2D eigenvalue weighted by Crippen LogP contribution is -2.42. The Balaban J connectivity index is 2.44. The number of ether oxygens (including phenoxy) is 1.